The minimum Gasteiger partial charge on any atom is -0.463 e. The maximum Gasteiger partial charge on any atom is 0.243 e. The van der Waals surface area contributed by atoms with Crippen LogP contribution in [-0.2, 0) is 4.79 Å². The fourth-order valence-electron chi connectivity index (χ4n) is 1.98. The monoisotopic (exact) mass is 220 g/mol. The predicted molar refractivity (Wildman–Crippen MR) is 61.0 cm³/mol. The van der Waals surface area contributed by atoms with Gasteiger partial charge >= 0.3 is 0 Å². The van der Waals surface area contributed by atoms with Gasteiger partial charge in [0, 0.05) is 5.92 Å². The number of rotatable bonds is 3. The third-order valence-corrected chi connectivity index (χ3v) is 2.89. The van der Waals surface area contributed by atoms with Gasteiger partial charge in [0.25, 0.3) is 0 Å². The van der Waals surface area contributed by atoms with Crippen molar-refractivity contribution in [2.45, 2.75) is 32.1 Å². The molecule has 0 saturated heterocycles. The average Bonchev–Trinajstić information content (AvgIpc) is 2.83. The zero-order valence-electron chi connectivity index (χ0n) is 9.19. The summed E-state index contributed by atoms with van der Waals surface area (Å²) in [7, 11) is 0. The highest BCUT2D eigenvalue weighted by Gasteiger charge is 2.20. The lowest BCUT2D eigenvalue weighted by Gasteiger charge is -2.19. The molecule has 4 heteroatoms. The average molecular weight is 220 g/mol. The number of carbonyl (C=O) groups is 1. The van der Waals surface area contributed by atoms with Gasteiger partial charge < -0.3 is 4.42 Å². The Balaban J connectivity index is 1.78. The summed E-state index contributed by atoms with van der Waals surface area (Å²) >= 11 is 0. The molecule has 16 heavy (non-hydrogen) atoms. The van der Waals surface area contributed by atoms with Crippen molar-refractivity contribution < 1.29 is 9.21 Å². The smallest absolute Gasteiger partial charge is 0.243 e. The number of hydrogen-bond acceptors (Lipinski definition) is 3. The molecule has 2 rings (SSSR count). The van der Waals surface area contributed by atoms with Gasteiger partial charge in [-0.2, -0.15) is 5.10 Å². The fraction of sp³-hybridized carbons (Fsp3) is 0.500. The summed E-state index contributed by atoms with van der Waals surface area (Å²) in [6.45, 7) is 0. The first-order chi connectivity index (χ1) is 7.86. The molecule has 86 valence electrons. The van der Waals surface area contributed by atoms with Gasteiger partial charge in [-0.3, -0.25) is 4.79 Å². The first-order valence-corrected chi connectivity index (χ1v) is 5.72. The Labute approximate surface area is 94.7 Å². The Morgan fingerprint density at radius 2 is 2.25 bits per heavy atom. The Morgan fingerprint density at radius 1 is 1.44 bits per heavy atom. The SMILES string of the molecule is O=C(NN=Cc1ccco1)C1CCCCC1. The van der Waals surface area contributed by atoms with E-state index in [2.05, 4.69) is 10.5 Å². The molecule has 1 aromatic rings. The molecule has 1 aliphatic carbocycles. The third-order valence-electron chi connectivity index (χ3n) is 2.89. The van der Waals surface area contributed by atoms with Crippen LogP contribution in [-0.4, -0.2) is 12.1 Å². The van der Waals surface area contributed by atoms with Gasteiger partial charge in [-0.05, 0) is 25.0 Å². The van der Waals surface area contributed by atoms with Crippen molar-refractivity contribution >= 4 is 12.1 Å². The number of furan rings is 1. The minimum absolute atomic E-state index is 0.0301. The molecule has 1 fully saturated rings. The predicted octanol–water partition coefficient (Wildman–Crippen LogP) is 2.31. The van der Waals surface area contributed by atoms with E-state index in [0.717, 1.165) is 25.7 Å². The maximum absolute atomic E-state index is 11.7. The molecule has 0 atom stereocenters. The van der Waals surface area contributed by atoms with Crippen molar-refractivity contribution in [3.63, 3.8) is 0 Å². The molecule has 1 amide bonds. The van der Waals surface area contributed by atoms with Crippen LogP contribution in [0.3, 0.4) is 0 Å². The quantitative estimate of drug-likeness (QED) is 0.627. The molecule has 1 aromatic heterocycles. The second-order valence-electron chi connectivity index (χ2n) is 4.08. The summed E-state index contributed by atoms with van der Waals surface area (Å²) in [6, 6.07) is 3.57. The first kappa shape index (κ1) is 10.9. The fourth-order valence-corrected chi connectivity index (χ4v) is 1.98. The lowest BCUT2D eigenvalue weighted by atomic mass is 9.89. The zero-order chi connectivity index (χ0) is 11.2. The molecule has 1 aliphatic rings. The van der Waals surface area contributed by atoms with Gasteiger partial charge in [-0.1, -0.05) is 19.3 Å². The largest absolute Gasteiger partial charge is 0.463 e. The molecule has 0 aliphatic heterocycles. The van der Waals surface area contributed by atoms with E-state index in [1.165, 1.54) is 12.6 Å². The number of carbonyl (C=O) groups excluding carboxylic acids is 1. The zero-order valence-corrected chi connectivity index (χ0v) is 9.19. The van der Waals surface area contributed by atoms with Crippen molar-refractivity contribution in [3.8, 4) is 0 Å². The molecule has 0 unspecified atom stereocenters. The van der Waals surface area contributed by atoms with Gasteiger partial charge in [0.15, 0.2) is 0 Å². The topological polar surface area (TPSA) is 54.6 Å². The van der Waals surface area contributed by atoms with Crippen LogP contribution in [0.1, 0.15) is 37.9 Å². The molecular formula is C12H16N2O2. The third kappa shape index (κ3) is 2.95. The van der Waals surface area contributed by atoms with E-state index in [4.69, 9.17) is 4.42 Å². The van der Waals surface area contributed by atoms with Crippen molar-refractivity contribution in [2.75, 3.05) is 0 Å². The summed E-state index contributed by atoms with van der Waals surface area (Å²) in [4.78, 5) is 11.7. The van der Waals surface area contributed by atoms with Crippen molar-refractivity contribution in [3.05, 3.63) is 24.2 Å². The second kappa shape index (κ2) is 5.49. The van der Waals surface area contributed by atoms with Gasteiger partial charge in [0.1, 0.15) is 5.76 Å². The maximum atomic E-state index is 11.7. The number of nitrogens with zero attached hydrogens (tertiary/aromatic N) is 1. The van der Waals surface area contributed by atoms with Crippen molar-refractivity contribution in [1.82, 2.24) is 5.43 Å². The number of hydrazone groups is 1. The molecule has 0 spiro atoms. The number of hydrogen-bond donors (Lipinski definition) is 1. The molecular weight excluding hydrogens is 204 g/mol. The Hall–Kier alpha value is -1.58. The molecule has 0 radical (unpaired) electrons. The summed E-state index contributed by atoms with van der Waals surface area (Å²) < 4.78 is 5.06. The van der Waals surface area contributed by atoms with E-state index in [0.29, 0.717) is 5.76 Å². The van der Waals surface area contributed by atoms with Crippen LogP contribution in [0.5, 0.6) is 0 Å². The van der Waals surface area contributed by atoms with E-state index in [-0.39, 0.29) is 11.8 Å². The summed E-state index contributed by atoms with van der Waals surface area (Å²) in [6.07, 6.45) is 8.62. The molecule has 4 nitrogen and oxygen atoms in total. The van der Waals surface area contributed by atoms with Gasteiger partial charge in [0.2, 0.25) is 5.91 Å². The van der Waals surface area contributed by atoms with Gasteiger partial charge in [0.05, 0.1) is 12.5 Å². The Kier molecular flexibility index (Phi) is 3.75. The van der Waals surface area contributed by atoms with Crippen LogP contribution in [0.25, 0.3) is 0 Å². The van der Waals surface area contributed by atoms with E-state index in [9.17, 15) is 4.79 Å². The normalized spacial score (nSPS) is 17.8. The summed E-state index contributed by atoms with van der Waals surface area (Å²) in [5, 5.41) is 3.87. The van der Waals surface area contributed by atoms with Crippen molar-refractivity contribution in [2.24, 2.45) is 11.0 Å². The highest BCUT2D eigenvalue weighted by molar-refractivity contribution is 5.81. The second-order valence-corrected chi connectivity index (χ2v) is 4.08. The number of amides is 1. The van der Waals surface area contributed by atoms with E-state index < -0.39 is 0 Å². The first-order valence-electron chi connectivity index (χ1n) is 5.72. The van der Waals surface area contributed by atoms with Crippen LogP contribution in [0.15, 0.2) is 27.9 Å². The molecule has 0 bridgehead atoms. The number of nitrogens with one attached hydrogen (secondary N) is 1. The Morgan fingerprint density at radius 3 is 2.94 bits per heavy atom. The lowest BCUT2D eigenvalue weighted by Crippen LogP contribution is -2.28. The van der Waals surface area contributed by atoms with Gasteiger partial charge in [-0.15, -0.1) is 0 Å². The summed E-state index contributed by atoms with van der Waals surface area (Å²) in [5.74, 6) is 0.814. The van der Waals surface area contributed by atoms with Gasteiger partial charge in [-0.25, -0.2) is 5.43 Å². The van der Waals surface area contributed by atoms with Crippen molar-refractivity contribution in [1.29, 1.82) is 0 Å². The van der Waals surface area contributed by atoms with Crippen LogP contribution in [0.4, 0.5) is 0 Å². The van der Waals surface area contributed by atoms with E-state index in [1.807, 2.05) is 0 Å². The van der Waals surface area contributed by atoms with E-state index >= 15 is 0 Å². The molecule has 1 saturated carbocycles. The van der Waals surface area contributed by atoms with Crippen LogP contribution in [0.2, 0.25) is 0 Å². The van der Waals surface area contributed by atoms with Crippen LogP contribution < -0.4 is 5.43 Å². The molecule has 0 aromatic carbocycles. The highest BCUT2D eigenvalue weighted by Crippen LogP contribution is 2.23. The van der Waals surface area contributed by atoms with Crippen LogP contribution in [0, 0.1) is 5.92 Å². The Bertz CT molecular complexity index is 351. The molecule has 1 N–H and O–H groups in total. The van der Waals surface area contributed by atoms with E-state index in [1.54, 1.807) is 18.4 Å². The van der Waals surface area contributed by atoms with Crippen LogP contribution >= 0.6 is 0 Å². The highest BCUT2D eigenvalue weighted by atomic mass is 16.3. The lowest BCUT2D eigenvalue weighted by molar-refractivity contribution is -0.125. The summed E-state index contributed by atoms with van der Waals surface area (Å²) in [5.41, 5.74) is 2.56. The molecule has 1 heterocycles. The minimum atomic E-state index is 0.0301. The standard InChI is InChI=1S/C12H16N2O2/c15-12(10-5-2-1-3-6-10)14-13-9-11-7-4-8-16-11/h4,7-10H,1-3,5-6H2,(H,14,15).